The monoisotopic (exact) mass is 348 g/mol. The quantitative estimate of drug-likeness (QED) is 0.538. The van der Waals surface area contributed by atoms with Gasteiger partial charge < -0.3 is 4.74 Å². The van der Waals surface area contributed by atoms with Gasteiger partial charge in [0.1, 0.15) is 10.6 Å². The minimum absolute atomic E-state index is 0.115. The Bertz CT molecular complexity index is 1030. The zero-order valence-corrected chi connectivity index (χ0v) is 13.2. The van der Waals surface area contributed by atoms with E-state index in [2.05, 4.69) is 14.9 Å². The molecular formula is C14H12N4O5S. The van der Waals surface area contributed by atoms with Crippen molar-refractivity contribution in [1.82, 2.24) is 10.2 Å². The van der Waals surface area contributed by atoms with E-state index < -0.39 is 14.9 Å². The van der Waals surface area contributed by atoms with Gasteiger partial charge in [-0.3, -0.25) is 19.9 Å². The number of aromatic amines is 1. The van der Waals surface area contributed by atoms with Crippen LogP contribution in [0.2, 0.25) is 0 Å². The molecule has 2 N–H and O–H groups in total. The fourth-order valence-corrected chi connectivity index (χ4v) is 3.48. The molecule has 10 heteroatoms. The molecule has 1 aromatic heterocycles. The van der Waals surface area contributed by atoms with Crippen LogP contribution in [0.1, 0.15) is 0 Å². The second kappa shape index (κ2) is 5.81. The van der Waals surface area contributed by atoms with Gasteiger partial charge in [0.25, 0.3) is 15.7 Å². The molecule has 1 heterocycles. The summed E-state index contributed by atoms with van der Waals surface area (Å²) in [5, 5.41) is 18.0. The zero-order valence-electron chi connectivity index (χ0n) is 12.4. The number of sulfonamides is 1. The van der Waals surface area contributed by atoms with Crippen molar-refractivity contribution in [2.24, 2.45) is 0 Å². The predicted octanol–water partition coefficient (Wildman–Crippen LogP) is 2.28. The molecule has 9 nitrogen and oxygen atoms in total. The Hall–Kier alpha value is -3.14. The number of rotatable bonds is 5. The molecule has 3 rings (SSSR count). The molecule has 0 atom stereocenters. The van der Waals surface area contributed by atoms with Crippen molar-refractivity contribution in [2.45, 2.75) is 4.90 Å². The summed E-state index contributed by atoms with van der Waals surface area (Å²) in [4.78, 5) is 9.99. The van der Waals surface area contributed by atoms with E-state index in [4.69, 9.17) is 4.74 Å². The van der Waals surface area contributed by atoms with E-state index in [1.807, 2.05) is 0 Å². The second-order valence-electron chi connectivity index (χ2n) is 4.83. The fourth-order valence-electron chi connectivity index (χ4n) is 2.25. The normalized spacial score (nSPS) is 11.4. The molecule has 0 amide bonds. The Labute approximate surface area is 136 Å². The van der Waals surface area contributed by atoms with Gasteiger partial charge in [-0.05, 0) is 18.2 Å². The lowest BCUT2D eigenvalue weighted by atomic mass is 10.2. The van der Waals surface area contributed by atoms with Gasteiger partial charge in [-0.15, -0.1) is 0 Å². The maximum absolute atomic E-state index is 12.6. The van der Waals surface area contributed by atoms with Gasteiger partial charge in [0, 0.05) is 11.5 Å². The maximum atomic E-state index is 12.6. The number of nitrogens with one attached hydrogen (secondary N) is 2. The average molecular weight is 348 g/mol. The van der Waals surface area contributed by atoms with E-state index in [0.29, 0.717) is 16.6 Å². The van der Waals surface area contributed by atoms with E-state index in [1.165, 1.54) is 13.3 Å². The zero-order chi connectivity index (χ0) is 17.3. The third-order valence-electron chi connectivity index (χ3n) is 3.38. The lowest BCUT2D eigenvalue weighted by Crippen LogP contribution is -2.14. The van der Waals surface area contributed by atoms with Crippen LogP contribution in [0, 0.1) is 10.1 Å². The lowest BCUT2D eigenvalue weighted by molar-refractivity contribution is -0.385. The van der Waals surface area contributed by atoms with Crippen LogP contribution < -0.4 is 9.46 Å². The molecule has 0 bridgehead atoms. The second-order valence-corrected chi connectivity index (χ2v) is 6.49. The predicted molar refractivity (Wildman–Crippen MR) is 86.6 cm³/mol. The van der Waals surface area contributed by atoms with E-state index in [1.54, 1.807) is 18.2 Å². The van der Waals surface area contributed by atoms with Crippen LogP contribution in [-0.4, -0.2) is 30.6 Å². The van der Waals surface area contributed by atoms with Gasteiger partial charge in [0.2, 0.25) is 0 Å². The number of hydrogen-bond acceptors (Lipinski definition) is 6. The van der Waals surface area contributed by atoms with Crippen LogP contribution >= 0.6 is 0 Å². The topological polar surface area (TPSA) is 127 Å². The lowest BCUT2D eigenvalue weighted by Gasteiger charge is -2.12. The molecule has 24 heavy (non-hydrogen) atoms. The van der Waals surface area contributed by atoms with Crippen molar-refractivity contribution in [3.8, 4) is 5.75 Å². The number of benzene rings is 2. The minimum atomic E-state index is -4.01. The Morgan fingerprint density at radius 1 is 1.29 bits per heavy atom. The fraction of sp³-hybridized carbons (Fsp3) is 0.0714. The Morgan fingerprint density at radius 2 is 2.08 bits per heavy atom. The number of H-pyrrole nitrogens is 1. The van der Waals surface area contributed by atoms with E-state index in [-0.39, 0.29) is 16.3 Å². The highest BCUT2D eigenvalue weighted by molar-refractivity contribution is 7.92. The number of methoxy groups -OCH3 is 1. The molecule has 0 spiro atoms. The first-order valence-corrected chi connectivity index (χ1v) is 8.18. The van der Waals surface area contributed by atoms with Gasteiger partial charge >= 0.3 is 0 Å². The molecule has 124 valence electrons. The Morgan fingerprint density at radius 3 is 2.79 bits per heavy atom. The molecule has 0 saturated heterocycles. The summed E-state index contributed by atoms with van der Waals surface area (Å²) >= 11 is 0. The summed E-state index contributed by atoms with van der Waals surface area (Å²) in [5.41, 5.74) is 0.746. The highest BCUT2D eigenvalue weighted by Gasteiger charge is 2.23. The molecule has 0 saturated carbocycles. The van der Waals surface area contributed by atoms with Crippen LogP contribution in [0.5, 0.6) is 5.75 Å². The summed E-state index contributed by atoms with van der Waals surface area (Å²) in [7, 11) is -2.76. The molecule has 0 aliphatic carbocycles. The number of aromatic nitrogens is 2. The smallest absolute Gasteiger partial charge is 0.273 e. The maximum Gasteiger partial charge on any atom is 0.273 e. The highest BCUT2D eigenvalue weighted by Crippen LogP contribution is 2.31. The summed E-state index contributed by atoms with van der Waals surface area (Å²) < 4.78 is 32.7. The van der Waals surface area contributed by atoms with Crippen molar-refractivity contribution in [1.29, 1.82) is 0 Å². The van der Waals surface area contributed by atoms with E-state index >= 15 is 0 Å². The summed E-state index contributed by atoms with van der Waals surface area (Å²) in [6, 6.07) is 8.32. The van der Waals surface area contributed by atoms with Crippen molar-refractivity contribution in [3.05, 3.63) is 52.7 Å². The standard InChI is InChI=1S/C14H12N4O5S/c1-23-13-7-9(18(19)20)5-6-14(13)24(21,22)17-12-4-2-3-11-10(12)8-15-16-11/h2-8,17H,1H3,(H,15,16). The first kappa shape index (κ1) is 15.7. The SMILES string of the molecule is COc1cc([N+](=O)[O-])ccc1S(=O)(=O)Nc1cccc2[nH]ncc12. The van der Waals surface area contributed by atoms with E-state index in [0.717, 1.165) is 18.2 Å². The van der Waals surface area contributed by atoms with Crippen molar-refractivity contribution < 1.29 is 18.1 Å². The minimum Gasteiger partial charge on any atom is -0.495 e. The van der Waals surface area contributed by atoms with Gasteiger partial charge in [0.05, 0.1) is 35.5 Å². The molecule has 0 unspecified atom stereocenters. The van der Waals surface area contributed by atoms with Gasteiger partial charge in [-0.25, -0.2) is 8.42 Å². The third kappa shape index (κ3) is 2.74. The largest absolute Gasteiger partial charge is 0.495 e. The van der Waals surface area contributed by atoms with Crippen molar-refractivity contribution in [3.63, 3.8) is 0 Å². The molecule has 2 aromatic carbocycles. The van der Waals surface area contributed by atoms with Gasteiger partial charge in [0.15, 0.2) is 0 Å². The van der Waals surface area contributed by atoms with Crippen LogP contribution in [-0.2, 0) is 10.0 Å². The number of fused-ring (bicyclic) bond motifs is 1. The summed E-state index contributed by atoms with van der Waals surface area (Å²) in [5.74, 6) is -0.115. The number of nitrogens with zero attached hydrogens (tertiary/aromatic N) is 2. The molecule has 0 aliphatic rings. The highest BCUT2D eigenvalue weighted by atomic mass is 32.2. The average Bonchev–Trinajstić information content (AvgIpc) is 3.03. The first-order valence-electron chi connectivity index (χ1n) is 6.70. The van der Waals surface area contributed by atoms with Gasteiger partial charge in [-0.1, -0.05) is 6.07 Å². The van der Waals surface area contributed by atoms with Crippen molar-refractivity contribution >= 4 is 32.3 Å². The molecule has 3 aromatic rings. The molecule has 0 fully saturated rings. The number of non-ortho nitro benzene ring substituents is 1. The van der Waals surface area contributed by atoms with Crippen LogP contribution in [0.4, 0.5) is 11.4 Å². The summed E-state index contributed by atoms with van der Waals surface area (Å²) in [6.07, 6.45) is 1.50. The number of anilines is 1. The molecule has 0 aliphatic heterocycles. The van der Waals surface area contributed by atoms with Crippen LogP contribution in [0.3, 0.4) is 0 Å². The number of ether oxygens (including phenoxy) is 1. The number of nitro benzene ring substituents is 1. The van der Waals surface area contributed by atoms with Crippen LogP contribution in [0.25, 0.3) is 10.9 Å². The number of hydrogen-bond donors (Lipinski definition) is 2. The van der Waals surface area contributed by atoms with Crippen molar-refractivity contribution in [2.75, 3.05) is 11.8 Å². The first-order chi connectivity index (χ1) is 11.4. The Kier molecular flexibility index (Phi) is 3.81. The van der Waals surface area contributed by atoms with Crippen LogP contribution in [0.15, 0.2) is 47.5 Å². The molecular weight excluding hydrogens is 336 g/mol. The van der Waals surface area contributed by atoms with Gasteiger partial charge in [-0.2, -0.15) is 5.10 Å². The summed E-state index contributed by atoms with van der Waals surface area (Å²) in [6.45, 7) is 0. The van der Waals surface area contributed by atoms with E-state index in [9.17, 15) is 18.5 Å². The number of nitro groups is 1. The molecule has 0 radical (unpaired) electrons. The third-order valence-corrected chi connectivity index (χ3v) is 4.78. The Balaban J connectivity index is 2.05.